The van der Waals surface area contributed by atoms with Gasteiger partial charge in [0.1, 0.15) is 5.75 Å². The maximum atomic E-state index is 13.2. The summed E-state index contributed by atoms with van der Waals surface area (Å²) in [4.78, 5) is 35.6. The van der Waals surface area contributed by atoms with Gasteiger partial charge < -0.3 is 15.2 Å². The molecular weight excluding hydrogens is 370 g/mol. The third-order valence-corrected chi connectivity index (χ3v) is 4.68. The Morgan fingerprint density at radius 2 is 1.89 bits per heavy atom. The average Bonchev–Trinajstić information content (AvgIpc) is 2.98. The molecule has 3 rings (SSSR count). The Bertz CT molecular complexity index is 909. The number of carbonyl (C=O) groups excluding carboxylic acids is 2. The van der Waals surface area contributed by atoms with Gasteiger partial charge >= 0.3 is 5.97 Å². The number of nitrogens with one attached hydrogen (secondary N) is 1. The van der Waals surface area contributed by atoms with Crippen LogP contribution in [0.3, 0.4) is 0 Å². The second kappa shape index (κ2) is 7.40. The highest BCUT2D eigenvalue weighted by atomic mass is 35.5. The van der Waals surface area contributed by atoms with Crippen molar-refractivity contribution < 1.29 is 24.2 Å². The Labute approximate surface area is 161 Å². The number of ketones is 1. The van der Waals surface area contributed by atoms with Gasteiger partial charge in [0.25, 0.3) is 0 Å². The zero-order valence-corrected chi connectivity index (χ0v) is 15.4. The van der Waals surface area contributed by atoms with Gasteiger partial charge in [-0.1, -0.05) is 17.7 Å². The molecule has 0 spiro atoms. The minimum absolute atomic E-state index is 0.0357. The van der Waals surface area contributed by atoms with Crippen LogP contribution in [0.15, 0.2) is 42.5 Å². The number of hydrogen-bond donors (Lipinski definition) is 2. The molecule has 1 heterocycles. The molecule has 1 unspecified atom stereocenters. The number of rotatable bonds is 6. The lowest BCUT2D eigenvalue weighted by atomic mass is 9.84. The Kier molecular flexibility index (Phi) is 5.19. The van der Waals surface area contributed by atoms with Crippen LogP contribution in [0.25, 0.3) is 0 Å². The van der Waals surface area contributed by atoms with Crippen molar-refractivity contribution in [3.63, 3.8) is 0 Å². The monoisotopic (exact) mass is 387 g/mol. The van der Waals surface area contributed by atoms with Crippen LogP contribution in [0.1, 0.15) is 35.7 Å². The quantitative estimate of drug-likeness (QED) is 0.737. The lowest BCUT2D eigenvalue weighted by Gasteiger charge is -2.27. The minimum Gasteiger partial charge on any atom is -0.481 e. The third kappa shape index (κ3) is 4.11. The van der Waals surface area contributed by atoms with E-state index in [2.05, 4.69) is 5.32 Å². The van der Waals surface area contributed by atoms with Crippen LogP contribution in [-0.2, 0) is 16.0 Å². The summed E-state index contributed by atoms with van der Waals surface area (Å²) in [5.74, 6) is -1.05. The molecule has 1 atom stereocenters. The molecule has 0 radical (unpaired) electrons. The van der Waals surface area contributed by atoms with Crippen molar-refractivity contribution in [2.45, 2.75) is 31.8 Å². The van der Waals surface area contributed by atoms with Gasteiger partial charge in [-0.3, -0.25) is 14.4 Å². The number of benzene rings is 2. The standard InChI is InChI=1S/C20H18ClNO5/c1-12(23)22-16-7-4-14-11-20(9-8-18(24)25,27-17(14)10-16)19(26)13-2-5-15(21)6-3-13/h2-7,10H,8-9,11H2,1H3,(H,22,23)(H,24,25). The maximum absolute atomic E-state index is 13.2. The first kappa shape index (κ1) is 18.9. The Hall–Kier alpha value is -2.86. The molecule has 27 heavy (non-hydrogen) atoms. The van der Waals surface area contributed by atoms with Crippen LogP contribution in [0.2, 0.25) is 5.02 Å². The average molecular weight is 388 g/mol. The number of fused-ring (bicyclic) bond motifs is 1. The number of hydrogen-bond acceptors (Lipinski definition) is 4. The highest BCUT2D eigenvalue weighted by Gasteiger charge is 2.46. The summed E-state index contributed by atoms with van der Waals surface area (Å²) in [7, 11) is 0. The van der Waals surface area contributed by atoms with Gasteiger partial charge in [-0.15, -0.1) is 0 Å². The number of anilines is 1. The third-order valence-electron chi connectivity index (χ3n) is 4.43. The van der Waals surface area contributed by atoms with Crippen LogP contribution < -0.4 is 10.1 Å². The largest absolute Gasteiger partial charge is 0.481 e. The van der Waals surface area contributed by atoms with Crippen molar-refractivity contribution in [3.05, 3.63) is 58.6 Å². The van der Waals surface area contributed by atoms with E-state index in [0.29, 0.717) is 22.0 Å². The fourth-order valence-electron chi connectivity index (χ4n) is 3.18. The van der Waals surface area contributed by atoms with Gasteiger partial charge in [-0.25, -0.2) is 0 Å². The molecule has 2 aromatic carbocycles. The van der Waals surface area contributed by atoms with Gasteiger partial charge in [0, 0.05) is 48.5 Å². The molecule has 0 saturated carbocycles. The first-order chi connectivity index (χ1) is 12.8. The molecule has 1 aliphatic heterocycles. The number of amides is 1. The number of Topliss-reactive ketones (excluding diaryl/α,β-unsaturated/α-hetero) is 1. The summed E-state index contributed by atoms with van der Waals surface area (Å²) in [6.07, 6.45) is 0.0945. The summed E-state index contributed by atoms with van der Waals surface area (Å²) in [5.41, 5.74) is 0.439. The van der Waals surface area contributed by atoms with Crippen molar-refractivity contribution in [2.24, 2.45) is 0 Å². The van der Waals surface area contributed by atoms with Crippen LogP contribution in [-0.4, -0.2) is 28.4 Å². The van der Waals surface area contributed by atoms with E-state index < -0.39 is 11.6 Å². The first-order valence-corrected chi connectivity index (χ1v) is 8.78. The smallest absolute Gasteiger partial charge is 0.303 e. The van der Waals surface area contributed by atoms with Crippen molar-refractivity contribution in [2.75, 3.05) is 5.32 Å². The van der Waals surface area contributed by atoms with Crippen molar-refractivity contribution in [1.29, 1.82) is 0 Å². The fraction of sp³-hybridized carbons (Fsp3) is 0.250. The highest BCUT2D eigenvalue weighted by molar-refractivity contribution is 6.30. The van der Waals surface area contributed by atoms with E-state index >= 15 is 0 Å². The summed E-state index contributed by atoms with van der Waals surface area (Å²) in [6.45, 7) is 1.40. The molecule has 140 valence electrons. The number of carbonyl (C=O) groups is 3. The van der Waals surface area contributed by atoms with Crippen LogP contribution in [0.5, 0.6) is 5.75 Å². The molecule has 2 N–H and O–H groups in total. The molecule has 1 amide bonds. The molecule has 6 nitrogen and oxygen atoms in total. The van der Waals surface area contributed by atoms with Crippen LogP contribution in [0.4, 0.5) is 5.69 Å². The van der Waals surface area contributed by atoms with E-state index in [1.54, 1.807) is 42.5 Å². The van der Waals surface area contributed by atoms with E-state index in [4.69, 9.17) is 21.4 Å². The van der Waals surface area contributed by atoms with E-state index in [9.17, 15) is 14.4 Å². The summed E-state index contributed by atoms with van der Waals surface area (Å²) >= 11 is 5.89. The SMILES string of the molecule is CC(=O)Nc1ccc2c(c1)OC(CCC(=O)O)(C(=O)c1ccc(Cl)cc1)C2. The molecule has 0 aromatic heterocycles. The number of ether oxygens (including phenoxy) is 1. The fourth-order valence-corrected chi connectivity index (χ4v) is 3.31. The lowest BCUT2D eigenvalue weighted by molar-refractivity contribution is -0.137. The number of aliphatic carboxylic acids is 1. The second-order valence-corrected chi connectivity index (χ2v) is 6.94. The van der Waals surface area contributed by atoms with Gasteiger partial charge in [-0.2, -0.15) is 0 Å². The topological polar surface area (TPSA) is 92.7 Å². The highest BCUT2D eigenvalue weighted by Crippen LogP contribution is 2.41. The summed E-state index contributed by atoms with van der Waals surface area (Å²) in [6, 6.07) is 11.6. The Morgan fingerprint density at radius 3 is 2.52 bits per heavy atom. The molecule has 0 bridgehead atoms. The van der Waals surface area contributed by atoms with Crippen LogP contribution in [0, 0.1) is 0 Å². The molecule has 0 saturated heterocycles. The maximum Gasteiger partial charge on any atom is 0.303 e. The van der Waals surface area contributed by atoms with Crippen molar-refractivity contribution in [1.82, 2.24) is 0 Å². The van der Waals surface area contributed by atoms with Gasteiger partial charge in [0.15, 0.2) is 5.60 Å². The predicted octanol–water partition coefficient (Wildman–Crippen LogP) is 3.72. The number of halogens is 1. The normalized spacial score (nSPS) is 17.7. The molecule has 7 heteroatoms. The van der Waals surface area contributed by atoms with Gasteiger partial charge in [0.2, 0.25) is 11.7 Å². The zero-order chi connectivity index (χ0) is 19.6. The second-order valence-electron chi connectivity index (χ2n) is 6.51. The predicted molar refractivity (Wildman–Crippen MR) is 100 cm³/mol. The van der Waals surface area contributed by atoms with Gasteiger partial charge in [0.05, 0.1) is 0 Å². The number of carboxylic acids is 1. The summed E-state index contributed by atoms with van der Waals surface area (Å²) in [5, 5.41) is 12.3. The lowest BCUT2D eigenvalue weighted by Crippen LogP contribution is -2.44. The van der Waals surface area contributed by atoms with Gasteiger partial charge in [-0.05, 0) is 35.9 Å². The van der Waals surface area contributed by atoms with E-state index in [-0.39, 0.29) is 31.0 Å². The minimum atomic E-state index is -1.30. The summed E-state index contributed by atoms with van der Waals surface area (Å²) < 4.78 is 6.02. The van der Waals surface area contributed by atoms with Crippen molar-refractivity contribution >= 4 is 34.9 Å². The number of carboxylic acid groups (broad SMARTS) is 1. The van der Waals surface area contributed by atoms with E-state index in [1.165, 1.54) is 6.92 Å². The zero-order valence-electron chi connectivity index (χ0n) is 14.6. The molecule has 0 fully saturated rings. The molecule has 1 aliphatic rings. The Balaban J connectivity index is 1.94. The Morgan fingerprint density at radius 1 is 1.19 bits per heavy atom. The molecule has 0 aliphatic carbocycles. The van der Waals surface area contributed by atoms with Crippen molar-refractivity contribution in [3.8, 4) is 5.75 Å². The molecular formula is C20H18ClNO5. The molecule has 2 aromatic rings. The van der Waals surface area contributed by atoms with Crippen LogP contribution >= 0.6 is 11.6 Å². The van der Waals surface area contributed by atoms with E-state index in [1.807, 2.05) is 0 Å². The first-order valence-electron chi connectivity index (χ1n) is 8.41. The van der Waals surface area contributed by atoms with E-state index in [0.717, 1.165) is 5.56 Å².